The van der Waals surface area contributed by atoms with Gasteiger partial charge in [-0.25, -0.2) is 0 Å². The van der Waals surface area contributed by atoms with Gasteiger partial charge < -0.3 is 5.32 Å². The molecule has 0 saturated heterocycles. The van der Waals surface area contributed by atoms with Crippen LogP contribution in [0.15, 0.2) is 55.0 Å². The van der Waals surface area contributed by atoms with Gasteiger partial charge in [0.05, 0.1) is 5.69 Å². The Kier molecular flexibility index (Phi) is 4.89. The number of carbonyl (C=O) groups is 1. The number of aromatic nitrogens is 2. The monoisotopic (exact) mass is 331 g/mol. The minimum Gasteiger partial charge on any atom is -0.348 e. The third-order valence-electron chi connectivity index (χ3n) is 4.19. The van der Waals surface area contributed by atoms with Crippen molar-refractivity contribution in [3.8, 4) is 11.3 Å². The second kappa shape index (κ2) is 7.26. The van der Waals surface area contributed by atoms with Gasteiger partial charge in [0.15, 0.2) is 0 Å². The molecule has 0 radical (unpaired) electrons. The van der Waals surface area contributed by atoms with Crippen molar-refractivity contribution in [3.05, 3.63) is 82.8 Å². The zero-order valence-corrected chi connectivity index (χ0v) is 14.7. The standard InChI is InChI=1S/C21H21N3O/c1-14-11-15(2)19(16(3)12-14)21(25)24-13-18-5-4-8-23-20(18)17-6-9-22-10-7-17/h4-12H,13H2,1-3H3,(H,24,25). The van der Waals surface area contributed by atoms with Crippen LogP contribution >= 0.6 is 0 Å². The number of amides is 1. The lowest BCUT2D eigenvalue weighted by Crippen LogP contribution is -2.25. The number of rotatable bonds is 4. The smallest absolute Gasteiger partial charge is 0.252 e. The zero-order chi connectivity index (χ0) is 17.8. The normalized spacial score (nSPS) is 10.5. The van der Waals surface area contributed by atoms with E-state index in [1.807, 2.05) is 57.2 Å². The first-order valence-electron chi connectivity index (χ1n) is 8.26. The van der Waals surface area contributed by atoms with Gasteiger partial charge in [0.1, 0.15) is 0 Å². The zero-order valence-electron chi connectivity index (χ0n) is 14.7. The highest BCUT2D eigenvalue weighted by Gasteiger charge is 2.14. The minimum atomic E-state index is -0.0560. The van der Waals surface area contributed by atoms with Gasteiger partial charge in [0, 0.05) is 36.3 Å². The number of benzene rings is 1. The number of carbonyl (C=O) groups excluding carboxylic acids is 1. The van der Waals surface area contributed by atoms with E-state index in [1.165, 1.54) is 5.56 Å². The summed E-state index contributed by atoms with van der Waals surface area (Å²) in [6, 6.07) is 11.8. The predicted octanol–water partition coefficient (Wildman–Crippen LogP) is 4.00. The van der Waals surface area contributed by atoms with Crippen LogP contribution in [0.5, 0.6) is 0 Å². The molecule has 0 aliphatic rings. The van der Waals surface area contributed by atoms with Crippen LogP contribution in [-0.4, -0.2) is 15.9 Å². The summed E-state index contributed by atoms with van der Waals surface area (Å²) in [5, 5.41) is 3.03. The summed E-state index contributed by atoms with van der Waals surface area (Å²) in [5.74, 6) is -0.0560. The Bertz CT molecular complexity index is 881. The second-order valence-corrected chi connectivity index (χ2v) is 6.20. The first kappa shape index (κ1) is 16.8. The van der Waals surface area contributed by atoms with Crippen LogP contribution in [0.4, 0.5) is 0 Å². The molecule has 0 unspecified atom stereocenters. The summed E-state index contributed by atoms with van der Waals surface area (Å²) >= 11 is 0. The van der Waals surface area contributed by atoms with Crippen LogP contribution in [0.2, 0.25) is 0 Å². The molecule has 1 N–H and O–H groups in total. The topological polar surface area (TPSA) is 54.9 Å². The van der Waals surface area contributed by atoms with E-state index in [0.717, 1.165) is 33.5 Å². The average Bonchev–Trinajstić information content (AvgIpc) is 2.60. The van der Waals surface area contributed by atoms with E-state index in [2.05, 4.69) is 15.3 Å². The highest BCUT2D eigenvalue weighted by molar-refractivity contribution is 5.97. The van der Waals surface area contributed by atoms with Crippen molar-refractivity contribution in [1.29, 1.82) is 0 Å². The number of nitrogens with zero attached hydrogens (tertiary/aromatic N) is 2. The molecular weight excluding hydrogens is 310 g/mol. The van der Waals surface area contributed by atoms with Gasteiger partial charge in [-0.15, -0.1) is 0 Å². The molecule has 2 aromatic heterocycles. The summed E-state index contributed by atoms with van der Waals surface area (Å²) in [6.45, 7) is 6.41. The molecule has 0 bridgehead atoms. The Morgan fingerprint density at radius 3 is 2.36 bits per heavy atom. The number of hydrogen-bond acceptors (Lipinski definition) is 3. The van der Waals surface area contributed by atoms with Crippen LogP contribution in [-0.2, 0) is 6.54 Å². The molecule has 3 rings (SSSR count). The van der Waals surface area contributed by atoms with Gasteiger partial charge in [0.2, 0.25) is 0 Å². The average molecular weight is 331 g/mol. The fourth-order valence-electron chi connectivity index (χ4n) is 3.15. The molecule has 0 atom stereocenters. The molecule has 126 valence electrons. The molecule has 2 heterocycles. The highest BCUT2D eigenvalue weighted by Crippen LogP contribution is 2.21. The van der Waals surface area contributed by atoms with Gasteiger partial charge in [0.25, 0.3) is 5.91 Å². The van der Waals surface area contributed by atoms with Crippen LogP contribution in [0.1, 0.15) is 32.6 Å². The van der Waals surface area contributed by atoms with Crippen molar-refractivity contribution in [2.75, 3.05) is 0 Å². The van der Waals surface area contributed by atoms with Crippen molar-refractivity contribution in [2.24, 2.45) is 0 Å². The molecule has 0 fully saturated rings. The molecule has 0 aliphatic carbocycles. The third kappa shape index (κ3) is 3.74. The summed E-state index contributed by atoms with van der Waals surface area (Å²) in [7, 11) is 0. The van der Waals surface area contributed by atoms with E-state index in [4.69, 9.17) is 0 Å². The molecule has 1 amide bonds. The van der Waals surface area contributed by atoms with E-state index in [1.54, 1.807) is 18.6 Å². The molecule has 1 aromatic carbocycles. The second-order valence-electron chi connectivity index (χ2n) is 6.20. The lowest BCUT2D eigenvalue weighted by Gasteiger charge is -2.13. The number of nitrogens with one attached hydrogen (secondary N) is 1. The molecule has 0 saturated carbocycles. The van der Waals surface area contributed by atoms with Gasteiger partial charge in [-0.2, -0.15) is 0 Å². The highest BCUT2D eigenvalue weighted by atomic mass is 16.1. The Hall–Kier alpha value is -3.01. The maximum Gasteiger partial charge on any atom is 0.252 e. The van der Waals surface area contributed by atoms with Crippen LogP contribution in [0, 0.1) is 20.8 Å². The summed E-state index contributed by atoms with van der Waals surface area (Å²) in [6.07, 6.45) is 5.24. The molecular formula is C21H21N3O. The first-order valence-corrected chi connectivity index (χ1v) is 8.26. The van der Waals surface area contributed by atoms with E-state index < -0.39 is 0 Å². The number of hydrogen-bond donors (Lipinski definition) is 1. The molecule has 3 aromatic rings. The molecule has 25 heavy (non-hydrogen) atoms. The molecule has 0 spiro atoms. The van der Waals surface area contributed by atoms with Crippen molar-refractivity contribution >= 4 is 5.91 Å². The molecule has 4 heteroatoms. The largest absolute Gasteiger partial charge is 0.348 e. The SMILES string of the molecule is Cc1cc(C)c(C(=O)NCc2cccnc2-c2ccncc2)c(C)c1. The molecule has 0 aliphatic heterocycles. The predicted molar refractivity (Wildman–Crippen MR) is 99.3 cm³/mol. The lowest BCUT2D eigenvalue weighted by molar-refractivity contribution is 0.0949. The van der Waals surface area contributed by atoms with Crippen molar-refractivity contribution in [2.45, 2.75) is 27.3 Å². The van der Waals surface area contributed by atoms with E-state index >= 15 is 0 Å². The minimum absolute atomic E-state index is 0.0560. The van der Waals surface area contributed by atoms with Gasteiger partial charge in [-0.1, -0.05) is 23.8 Å². The van der Waals surface area contributed by atoms with Crippen LogP contribution in [0.25, 0.3) is 11.3 Å². The van der Waals surface area contributed by atoms with Crippen molar-refractivity contribution < 1.29 is 4.79 Å². The van der Waals surface area contributed by atoms with E-state index in [9.17, 15) is 4.79 Å². The Labute approximate surface area is 148 Å². The van der Waals surface area contributed by atoms with Gasteiger partial charge in [-0.3, -0.25) is 14.8 Å². The Morgan fingerprint density at radius 1 is 1.00 bits per heavy atom. The van der Waals surface area contributed by atoms with Crippen LogP contribution < -0.4 is 5.32 Å². The van der Waals surface area contributed by atoms with Crippen molar-refractivity contribution in [3.63, 3.8) is 0 Å². The van der Waals surface area contributed by atoms with Crippen molar-refractivity contribution in [1.82, 2.24) is 15.3 Å². The first-order chi connectivity index (χ1) is 12.1. The van der Waals surface area contributed by atoms with Crippen LogP contribution in [0.3, 0.4) is 0 Å². The fraction of sp³-hybridized carbons (Fsp3) is 0.190. The quantitative estimate of drug-likeness (QED) is 0.786. The maximum absolute atomic E-state index is 12.7. The van der Waals surface area contributed by atoms with Gasteiger partial charge >= 0.3 is 0 Å². The maximum atomic E-state index is 12.7. The summed E-state index contributed by atoms with van der Waals surface area (Å²) in [5.41, 5.74) is 6.74. The van der Waals surface area contributed by atoms with E-state index in [0.29, 0.717) is 6.54 Å². The lowest BCUT2D eigenvalue weighted by atomic mass is 9.99. The molecule has 4 nitrogen and oxygen atoms in total. The number of aryl methyl sites for hydroxylation is 3. The fourth-order valence-corrected chi connectivity index (χ4v) is 3.15. The Morgan fingerprint density at radius 2 is 1.68 bits per heavy atom. The number of pyridine rings is 2. The van der Waals surface area contributed by atoms with Gasteiger partial charge in [-0.05, 0) is 55.7 Å². The Balaban J connectivity index is 1.82. The van der Waals surface area contributed by atoms with E-state index in [-0.39, 0.29) is 5.91 Å². The third-order valence-corrected chi connectivity index (χ3v) is 4.19. The summed E-state index contributed by atoms with van der Waals surface area (Å²) < 4.78 is 0. The summed E-state index contributed by atoms with van der Waals surface area (Å²) in [4.78, 5) is 21.2.